The Labute approximate surface area is 176 Å². The minimum atomic E-state index is -0.349. The number of ether oxygens (including phenoxy) is 1. The molecule has 1 aliphatic rings. The molecule has 0 aliphatic carbocycles. The summed E-state index contributed by atoms with van der Waals surface area (Å²) in [5, 5.41) is 0. The van der Waals surface area contributed by atoms with Crippen LogP contribution in [-0.4, -0.2) is 51.0 Å². The highest BCUT2D eigenvalue weighted by Crippen LogP contribution is 2.23. The molecule has 2 aromatic rings. The number of fused-ring (bicyclic) bond motifs is 1. The Morgan fingerprint density at radius 3 is 2.73 bits per heavy atom. The predicted molar refractivity (Wildman–Crippen MR) is 119 cm³/mol. The highest BCUT2D eigenvalue weighted by molar-refractivity contribution is 5.75. The third-order valence-electron chi connectivity index (χ3n) is 5.51. The van der Waals surface area contributed by atoms with Crippen LogP contribution in [0, 0.1) is 0 Å². The van der Waals surface area contributed by atoms with E-state index in [0.29, 0.717) is 56.4 Å². The molecule has 2 N–H and O–H groups in total. The first-order valence-corrected chi connectivity index (χ1v) is 10.8. The number of imidazole rings is 1. The molecule has 1 fully saturated rings. The zero-order valence-electron chi connectivity index (χ0n) is 18.6. The molecular weight excluding hydrogens is 384 g/mol. The summed E-state index contributed by atoms with van der Waals surface area (Å²) < 4.78 is 10.1. The molecule has 0 aromatic carbocycles. The average Bonchev–Trinajstić information content (AvgIpc) is 3.09. The monoisotopic (exact) mass is 418 g/mol. The van der Waals surface area contributed by atoms with Gasteiger partial charge in [-0.2, -0.15) is 4.98 Å². The number of hydrogen-bond donors (Lipinski definition) is 1. The van der Waals surface area contributed by atoms with Gasteiger partial charge in [-0.3, -0.25) is 13.9 Å². The summed E-state index contributed by atoms with van der Waals surface area (Å²) in [6.45, 7) is 9.67. The standard InChI is InChI=1S/C21H34N6O3/c1-5-30-13-7-11-27-18-17(19(28)24(4)21(27)29)26(12-9-15(2)3)20(23-18)25-10-6-8-16(22)14-25/h9,16H,5-8,10-14,22H2,1-4H3. The van der Waals surface area contributed by atoms with Crippen molar-refractivity contribution in [1.29, 1.82) is 0 Å². The number of aryl methyl sites for hydroxylation is 1. The highest BCUT2D eigenvalue weighted by Gasteiger charge is 2.26. The number of aromatic nitrogens is 4. The van der Waals surface area contributed by atoms with Crippen LogP contribution in [-0.2, 0) is 24.9 Å². The highest BCUT2D eigenvalue weighted by atomic mass is 16.5. The fourth-order valence-corrected chi connectivity index (χ4v) is 3.90. The van der Waals surface area contributed by atoms with E-state index in [-0.39, 0.29) is 17.3 Å². The number of nitrogens with two attached hydrogens (primary N) is 1. The van der Waals surface area contributed by atoms with Gasteiger partial charge in [0.1, 0.15) is 0 Å². The molecule has 1 unspecified atom stereocenters. The first-order chi connectivity index (χ1) is 14.3. The van der Waals surface area contributed by atoms with Crippen LogP contribution in [0.4, 0.5) is 5.95 Å². The molecule has 9 nitrogen and oxygen atoms in total. The van der Waals surface area contributed by atoms with E-state index in [1.54, 1.807) is 4.57 Å². The first-order valence-electron chi connectivity index (χ1n) is 10.8. The fourth-order valence-electron chi connectivity index (χ4n) is 3.90. The van der Waals surface area contributed by atoms with E-state index in [1.165, 1.54) is 11.6 Å². The van der Waals surface area contributed by atoms with Gasteiger partial charge >= 0.3 is 5.69 Å². The predicted octanol–water partition coefficient (Wildman–Crippen LogP) is 1.22. The Morgan fingerprint density at radius 2 is 2.07 bits per heavy atom. The molecular formula is C21H34N6O3. The molecule has 3 rings (SSSR count). The Morgan fingerprint density at radius 1 is 1.30 bits per heavy atom. The van der Waals surface area contributed by atoms with E-state index in [9.17, 15) is 9.59 Å². The maximum absolute atomic E-state index is 13.1. The van der Waals surface area contributed by atoms with Gasteiger partial charge in [-0.25, -0.2) is 4.79 Å². The van der Waals surface area contributed by atoms with E-state index in [2.05, 4.69) is 11.0 Å². The molecule has 0 spiro atoms. The number of rotatable bonds is 8. The summed E-state index contributed by atoms with van der Waals surface area (Å²) in [4.78, 5) is 32.9. The summed E-state index contributed by atoms with van der Waals surface area (Å²) >= 11 is 0. The Kier molecular flexibility index (Phi) is 7.14. The Hall–Kier alpha value is -2.39. The maximum atomic E-state index is 13.1. The van der Waals surface area contributed by atoms with Crippen molar-refractivity contribution in [2.24, 2.45) is 12.8 Å². The van der Waals surface area contributed by atoms with Crippen LogP contribution in [0.2, 0.25) is 0 Å². The smallest absolute Gasteiger partial charge is 0.332 e. The summed E-state index contributed by atoms with van der Waals surface area (Å²) in [6.07, 6.45) is 4.70. The zero-order valence-corrected chi connectivity index (χ0v) is 18.6. The minimum Gasteiger partial charge on any atom is -0.382 e. The second kappa shape index (κ2) is 9.61. The molecule has 1 saturated heterocycles. The largest absolute Gasteiger partial charge is 0.382 e. The lowest BCUT2D eigenvalue weighted by Crippen LogP contribution is -2.44. The maximum Gasteiger partial charge on any atom is 0.332 e. The SMILES string of the molecule is CCOCCCn1c(=O)n(C)c(=O)c2c1nc(N1CCCC(N)C1)n2CC=C(C)C. The Bertz CT molecular complexity index is 1030. The van der Waals surface area contributed by atoms with Gasteiger partial charge in [0.05, 0.1) is 0 Å². The second-order valence-corrected chi connectivity index (χ2v) is 8.17. The van der Waals surface area contributed by atoms with E-state index in [4.69, 9.17) is 15.5 Å². The molecule has 0 saturated carbocycles. The van der Waals surface area contributed by atoms with Crippen molar-refractivity contribution < 1.29 is 4.74 Å². The van der Waals surface area contributed by atoms with Crippen molar-refractivity contribution in [2.45, 2.75) is 59.2 Å². The number of allylic oxidation sites excluding steroid dienone is 2. The number of piperidine rings is 1. The number of anilines is 1. The molecule has 3 heterocycles. The van der Waals surface area contributed by atoms with Crippen molar-refractivity contribution in [3.63, 3.8) is 0 Å². The molecule has 0 radical (unpaired) electrons. The van der Waals surface area contributed by atoms with E-state index >= 15 is 0 Å². The second-order valence-electron chi connectivity index (χ2n) is 8.17. The van der Waals surface area contributed by atoms with Gasteiger partial charge in [0.25, 0.3) is 5.56 Å². The molecule has 1 atom stereocenters. The third-order valence-corrected chi connectivity index (χ3v) is 5.51. The zero-order chi connectivity index (χ0) is 21.8. The summed E-state index contributed by atoms with van der Waals surface area (Å²) in [5.41, 5.74) is 7.59. The summed E-state index contributed by atoms with van der Waals surface area (Å²) in [6, 6.07) is 0.0756. The quantitative estimate of drug-likeness (QED) is 0.511. The molecule has 2 aromatic heterocycles. The molecule has 0 amide bonds. The first kappa shape index (κ1) is 22.3. The van der Waals surface area contributed by atoms with Crippen LogP contribution >= 0.6 is 0 Å². The lowest BCUT2D eigenvalue weighted by Gasteiger charge is -2.31. The van der Waals surface area contributed by atoms with E-state index < -0.39 is 0 Å². The topological polar surface area (TPSA) is 100 Å². The van der Waals surface area contributed by atoms with Crippen molar-refractivity contribution in [3.8, 4) is 0 Å². The van der Waals surface area contributed by atoms with Crippen molar-refractivity contribution in [2.75, 3.05) is 31.2 Å². The lowest BCUT2D eigenvalue weighted by molar-refractivity contribution is 0.141. The van der Waals surface area contributed by atoms with Gasteiger partial charge < -0.3 is 19.9 Å². The van der Waals surface area contributed by atoms with Crippen LogP contribution < -0.4 is 21.9 Å². The lowest BCUT2D eigenvalue weighted by atomic mass is 10.1. The normalized spacial score (nSPS) is 17.0. The van der Waals surface area contributed by atoms with Gasteiger partial charge in [-0.15, -0.1) is 0 Å². The molecule has 1 aliphatic heterocycles. The van der Waals surface area contributed by atoms with Gasteiger partial charge in [-0.1, -0.05) is 11.6 Å². The van der Waals surface area contributed by atoms with Gasteiger partial charge in [0, 0.05) is 52.5 Å². The van der Waals surface area contributed by atoms with Crippen LogP contribution in [0.1, 0.15) is 40.0 Å². The van der Waals surface area contributed by atoms with Crippen molar-refractivity contribution in [1.82, 2.24) is 18.7 Å². The average molecular weight is 419 g/mol. The molecule has 166 valence electrons. The summed E-state index contributed by atoms with van der Waals surface area (Å²) in [7, 11) is 1.53. The summed E-state index contributed by atoms with van der Waals surface area (Å²) in [5.74, 6) is 0.707. The van der Waals surface area contributed by atoms with Crippen molar-refractivity contribution in [3.05, 3.63) is 32.5 Å². The van der Waals surface area contributed by atoms with Gasteiger partial charge in [0.2, 0.25) is 5.95 Å². The molecule has 30 heavy (non-hydrogen) atoms. The van der Waals surface area contributed by atoms with E-state index in [0.717, 1.165) is 25.0 Å². The number of nitrogens with zero attached hydrogens (tertiary/aromatic N) is 5. The molecule has 0 bridgehead atoms. The fraction of sp³-hybridized carbons (Fsp3) is 0.667. The minimum absolute atomic E-state index is 0.0756. The Balaban J connectivity index is 2.18. The van der Waals surface area contributed by atoms with Crippen LogP contribution in [0.25, 0.3) is 11.2 Å². The van der Waals surface area contributed by atoms with Crippen LogP contribution in [0.3, 0.4) is 0 Å². The van der Waals surface area contributed by atoms with Crippen LogP contribution in [0.15, 0.2) is 21.2 Å². The number of hydrogen-bond acceptors (Lipinski definition) is 6. The molecule has 9 heteroatoms. The van der Waals surface area contributed by atoms with Crippen molar-refractivity contribution >= 4 is 17.1 Å². The van der Waals surface area contributed by atoms with Gasteiger partial charge in [0.15, 0.2) is 11.2 Å². The van der Waals surface area contributed by atoms with Gasteiger partial charge in [-0.05, 0) is 40.0 Å². The van der Waals surface area contributed by atoms with Crippen LogP contribution in [0.5, 0.6) is 0 Å². The third kappa shape index (κ3) is 4.52. The van der Waals surface area contributed by atoms with E-state index in [1.807, 2.05) is 25.3 Å².